The van der Waals surface area contributed by atoms with Crippen molar-refractivity contribution in [3.8, 4) is 0 Å². The van der Waals surface area contributed by atoms with Gasteiger partial charge in [0.05, 0.1) is 26.2 Å². The van der Waals surface area contributed by atoms with Crippen LogP contribution in [0.1, 0.15) is 146 Å². The van der Waals surface area contributed by atoms with Crippen molar-refractivity contribution >= 4 is 23.2 Å². The van der Waals surface area contributed by atoms with Gasteiger partial charge in [-0.1, -0.05) is 91.8 Å². The average Bonchev–Trinajstić information content (AvgIpc) is 3.00. The van der Waals surface area contributed by atoms with Crippen LogP contribution >= 0.6 is 0 Å². The molecule has 2 aliphatic rings. The van der Waals surface area contributed by atoms with Crippen molar-refractivity contribution in [1.29, 1.82) is 0 Å². The number of hydrogen-bond donors (Lipinski definition) is 2. The van der Waals surface area contributed by atoms with E-state index in [9.17, 15) is 20.0 Å². The SMILES string of the molecule is CC(C)c1cccc(C(C)C)c1NC(=O)[C@@H]1CCCC[N@@+]1([O-])CCC[N@+]1([O-])CCCC[C@H]1C(=O)Nc1c(C(C)C)cccc1C(C)C. The number of carbonyl (C=O) groups is 2. The number of nitrogens with zero attached hydrogens (tertiary/aromatic N) is 2. The first-order valence-corrected chi connectivity index (χ1v) is 18.2. The third kappa shape index (κ3) is 8.45. The Balaban J connectivity index is 1.49. The van der Waals surface area contributed by atoms with Gasteiger partial charge in [-0.2, -0.15) is 0 Å². The van der Waals surface area contributed by atoms with Gasteiger partial charge < -0.3 is 30.3 Å². The molecule has 0 radical (unpaired) electrons. The predicted molar refractivity (Wildman–Crippen MR) is 193 cm³/mol. The Morgan fingerprint density at radius 3 is 1.23 bits per heavy atom. The first-order valence-electron chi connectivity index (χ1n) is 18.2. The molecule has 0 saturated carbocycles. The quantitative estimate of drug-likeness (QED) is 0.177. The van der Waals surface area contributed by atoms with Crippen molar-refractivity contribution < 1.29 is 18.9 Å². The smallest absolute Gasteiger partial charge is 0.283 e. The maximum absolute atomic E-state index is 14.4. The maximum atomic E-state index is 14.4. The fraction of sp³-hybridized carbons (Fsp3) is 0.641. The van der Waals surface area contributed by atoms with Crippen LogP contribution in [0.3, 0.4) is 0 Å². The van der Waals surface area contributed by atoms with Crippen LogP contribution in [0.2, 0.25) is 0 Å². The summed E-state index contributed by atoms with van der Waals surface area (Å²) in [6.45, 7) is 18.1. The van der Waals surface area contributed by atoms with Crippen LogP contribution in [0.5, 0.6) is 0 Å². The highest BCUT2D eigenvalue weighted by molar-refractivity contribution is 5.96. The zero-order valence-electron chi connectivity index (χ0n) is 30.2. The van der Waals surface area contributed by atoms with E-state index in [1.807, 2.05) is 12.1 Å². The minimum Gasteiger partial charge on any atom is -0.632 e. The van der Waals surface area contributed by atoms with Crippen molar-refractivity contribution in [2.24, 2.45) is 0 Å². The lowest BCUT2D eigenvalue weighted by atomic mass is 9.92. The Bertz CT molecular complexity index is 1230. The molecule has 260 valence electrons. The van der Waals surface area contributed by atoms with E-state index in [0.717, 1.165) is 59.3 Å². The first kappa shape index (κ1) is 37.0. The van der Waals surface area contributed by atoms with Gasteiger partial charge in [-0.15, -0.1) is 0 Å². The molecule has 0 bridgehead atoms. The molecule has 0 unspecified atom stereocenters. The summed E-state index contributed by atoms with van der Waals surface area (Å²) < 4.78 is -1.22. The summed E-state index contributed by atoms with van der Waals surface area (Å²) in [5.41, 5.74) is 5.98. The number of hydroxylamine groups is 6. The van der Waals surface area contributed by atoms with Crippen molar-refractivity contribution in [3.05, 3.63) is 69.1 Å². The Morgan fingerprint density at radius 1 is 0.617 bits per heavy atom. The lowest BCUT2D eigenvalue weighted by molar-refractivity contribution is -0.919. The summed E-state index contributed by atoms with van der Waals surface area (Å²) in [5.74, 6) is 0.462. The van der Waals surface area contributed by atoms with Crippen LogP contribution < -0.4 is 10.6 Å². The first-order chi connectivity index (χ1) is 22.2. The van der Waals surface area contributed by atoms with Crippen molar-refractivity contribution in [1.82, 2.24) is 0 Å². The van der Waals surface area contributed by atoms with Gasteiger partial charge in [0.25, 0.3) is 11.8 Å². The van der Waals surface area contributed by atoms with E-state index < -0.39 is 21.4 Å². The molecule has 8 nitrogen and oxygen atoms in total. The zero-order valence-corrected chi connectivity index (χ0v) is 30.2. The number of hydrogen-bond acceptors (Lipinski definition) is 4. The predicted octanol–water partition coefficient (Wildman–Crippen LogP) is 8.88. The van der Waals surface area contributed by atoms with E-state index in [1.165, 1.54) is 0 Å². The highest BCUT2D eigenvalue weighted by Gasteiger charge is 2.41. The lowest BCUT2D eigenvalue weighted by Gasteiger charge is -2.53. The molecule has 4 atom stereocenters. The molecule has 8 heteroatoms. The molecule has 2 aliphatic heterocycles. The van der Waals surface area contributed by atoms with Gasteiger partial charge in [0.1, 0.15) is 0 Å². The van der Waals surface area contributed by atoms with Crippen LogP contribution in [-0.2, 0) is 9.59 Å². The number of para-hydroxylation sites is 2. The summed E-state index contributed by atoms with van der Waals surface area (Å²) in [4.78, 5) is 27.8. The molecule has 2 heterocycles. The summed E-state index contributed by atoms with van der Waals surface area (Å²) >= 11 is 0. The topological polar surface area (TPSA) is 104 Å². The van der Waals surface area contributed by atoms with E-state index in [4.69, 9.17) is 0 Å². The number of carbonyl (C=O) groups excluding carboxylic acids is 2. The summed E-state index contributed by atoms with van der Waals surface area (Å²) in [6, 6.07) is 10.9. The van der Waals surface area contributed by atoms with E-state index >= 15 is 0 Å². The number of nitrogens with one attached hydrogen (secondary N) is 2. The van der Waals surface area contributed by atoms with E-state index in [0.29, 0.717) is 32.4 Å². The molecule has 2 amide bonds. The third-order valence-corrected chi connectivity index (χ3v) is 10.6. The number of anilines is 2. The van der Waals surface area contributed by atoms with Gasteiger partial charge >= 0.3 is 0 Å². The van der Waals surface area contributed by atoms with Gasteiger partial charge in [-0.3, -0.25) is 9.59 Å². The van der Waals surface area contributed by atoms with Crippen molar-refractivity contribution in [2.75, 3.05) is 36.8 Å². The monoisotopic (exact) mass is 648 g/mol. The minimum atomic E-state index is -0.716. The second-order valence-electron chi connectivity index (χ2n) is 15.4. The number of quaternary nitrogens is 2. The van der Waals surface area contributed by atoms with Gasteiger partial charge in [0.2, 0.25) is 0 Å². The second-order valence-corrected chi connectivity index (χ2v) is 15.4. The Hall–Kier alpha value is -2.78. The molecule has 4 rings (SSSR count). The van der Waals surface area contributed by atoms with Gasteiger partial charge in [-0.05, 0) is 71.6 Å². The molecule has 2 aromatic carbocycles. The highest BCUT2D eigenvalue weighted by atomic mass is 16.6. The zero-order chi connectivity index (χ0) is 34.5. The molecular formula is C39H60N4O4. The number of amides is 2. The van der Waals surface area contributed by atoms with E-state index in [-0.39, 0.29) is 48.6 Å². The fourth-order valence-electron chi connectivity index (χ4n) is 7.85. The van der Waals surface area contributed by atoms with E-state index in [1.54, 1.807) is 0 Å². The van der Waals surface area contributed by atoms with Gasteiger partial charge in [0.15, 0.2) is 12.1 Å². The van der Waals surface area contributed by atoms with Crippen LogP contribution in [0, 0.1) is 10.4 Å². The molecular weight excluding hydrogens is 588 g/mol. The number of piperidine rings is 2. The lowest BCUT2D eigenvalue weighted by Crippen LogP contribution is -2.61. The second kappa shape index (κ2) is 15.6. The molecule has 0 spiro atoms. The summed E-state index contributed by atoms with van der Waals surface area (Å²) in [7, 11) is 0. The third-order valence-electron chi connectivity index (χ3n) is 10.6. The standard InChI is InChI=1S/C39H60N4O4/c1-26(2)30-16-13-17-31(27(3)4)36(30)40-38(44)34-20-9-11-22-42(34,46)24-15-25-43(47)23-12-10-21-35(43)39(45)41-37-32(28(5)6)18-14-19-33(37)29(7)8/h13-14,16-19,26-29,34-35H,9-12,15,20-25H2,1-8H3,(H,40,44)(H,41,45)/t34-,35-,42+,43+/m0/s1. The molecule has 2 N–H and O–H groups in total. The number of benzene rings is 2. The number of likely N-dealkylation sites (tertiary alicyclic amines) is 2. The molecule has 0 aromatic heterocycles. The largest absolute Gasteiger partial charge is 0.632 e. The van der Waals surface area contributed by atoms with Gasteiger partial charge in [-0.25, -0.2) is 0 Å². The molecule has 0 aliphatic carbocycles. The normalized spacial score (nSPS) is 25.1. The summed E-state index contributed by atoms with van der Waals surface area (Å²) in [6.07, 6.45) is 4.65. The van der Waals surface area contributed by atoms with Crippen LogP contribution in [0.25, 0.3) is 0 Å². The summed E-state index contributed by atoms with van der Waals surface area (Å²) in [5, 5.41) is 35.3. The average molecular weight is 649 g/mol. The van der Waals surface area contributed by atoms with Crippen molar-refractivity contribution in [3.63, 3.8) is 0 Å². The van der Waals surface area contributed by atoms with Crippen LogP contribution in [0.4, 0.5) is 11.4 Å². The molecule has 47 heavy (non-hydrogen) atoms. The van der Waals surface area contributed by atoms with E-state index in [2.05, 4.69) is 90.3 Å². The minimum absolute atomic E-state index is 0.200. The van der Waals surface area contributed by atoms with Gasteiger partial charge in [0, 0.05) is 30.6 Å². The molecule has 2 fully saturated rings. The maximum Gasteiger partial charge on any atom is 0.283 e. The van der Waals surface area contributed by atoms with Crippen molar-refractivity contribution in [2.45, 2.75) is 136 Å². The Labute approximate surface area is 283 Å². The van der Waals surface area contributed by atoms with Crippen LogP contribution in [0.15, 0.2) is 36.4 Å². The van der Waals surface area contributed by atoms with Crippen LogP contribution in [-0.4, -0.2) is 59.4 Å². The highest BCUT2D eigenvalue weighted by Crippen LogP contribution is 2.36. The molecule has 2 aromatic rings. The fourth-order valence-corrected chi connectivity index (χ4v) is 7.85. The Morgan fingerprint density at radius 2 is 0.936 bits per heavy atom. The molecule has 2 saturated heterocycles. The number of rotatable bonds is 12. The Kier molecular flexibility index (Phi) is 12.3.